The van der Waals surface area contributed by atoms with E-state index in [2.05, 4.69) is 5.16 Å². The van der Waals surface area contributed by atoms with Crippen molar-refractivity contribution < 1.29 is 31.9 Å². The highest BCUT2D eigenvalue weighted by Gasteiger charge is 2.40. The first-order chi connectivity index (χ1) is 14.8. The fourth-order valence-corrected chi connectivity index (χ4v) is 5.37. The summed E-state index contributed by atoms with van der Waals surface area (Å²) in [6, 6.07) is 6.51. The first-order valence-corrected chi connectivity index (χ1v) is 11.9. The number of aromatic nitrogens is 1. The van der Waals surface area contributed by atoms with Crippen molar-refractivity contribution in [2.75, 3.05) is 39.2 Å². The lowest BCUT2D eigenvalue weighted by Crippen LogP contribution is -2.47. The van der Waals surface area contributed by atoms with Crippen molar-refractivity contribution in [3.8, 4) is 17.1 Å². The molecule has 2 aliphatic heterocycles. The van der Waals surface area contributed by atoms with Crippen LogP contribution in [0.25, 0.3) is 11.3 Å². The Balaban J connectivity index is 1.44. The normalized spacial score (nSPS) is 18.5. The summed E-state index contributed by atoms with van der Waals surface area (Å²) in [5, 5.41) is 3.84. The van der Waals surface area contributed by atoms with E-state index in [1.165, 1.54) is 13.2 Å². The molecular weight excluding hydrogens is 424 g/mol. The quantitative estimate of drug-likeness (QED) is 0.659. The Kier molecular flexibility index (Phi) is 6.05. The van der Waals surface area contributed by atoms with Crippen molar-refractivity contribution in [3.05, 3.63) is 30.0 Å². The standard InChI is InChI=1S/C21H26N2O7S/c1-15-13-18(30-22-15)16-3-4-17(27-2)19(14-16)31(25,26)12-5-20(24)23-8-6-21(7-9-23)28-10-11-29-21/h3-4,13-14H,5-12H2,1-2H3. The van der Waals surface area contributed by atoms with Crippen LogP contribution in [0.2, 0.25) is 0 Å². The molecule has 2 aliphatic rings. The molecule has 0 unspecified atom stereocenters. The van der Waals surface area contributed by atoms with Gasteiger partial charge in [-0.3, -0.25) is 4.79 Å². The van der Waals surface area contributed by atoms with Crippen LogP contribution < -0.4 is 4.74 Å². The van der Waals surface area contributed by atoms with Gasteiger partial charge in [0.2, 0.25) is 5.91 Å². The van der Waals surface area contributed by atoms with Crippen LogP contribution in [0, 0.1) is 6.92 Å². The molecule has 0 radical (unpaired) electrons. The van der Waals surface area contributed by atoms with E-state index in [4.69, 9.17) is 18.7 Å². The van der Waals surface area contributed by atoms with Crippen LogP contribution in [-0.2, 0) is 24.1 Å². The summed E-state index contributed by atoms with van der Waals surface area (Å²) in [4.78, 5) is 14.4. The molecule has 1 amide bonds. The van der Waals surface area contributed by atoms with E-state index in [-0.39, 0.29) is 28.7 Å². The highest BCUT2D eigenvalue weighted by molar-refractivity contribution is 7.91. The number of carbonyl (C=O) groups is 1. The summed E-state index contributed by atoms with van der Waals surface area (Å²) >= 11 is 0. The van der Waals surface area contributed by atoms with Gasteiger partial charge >= 0.3 is 0 Å². The van der Waals surface area contributed by atoms with Crippen LogP contribution in [0.15, 0.2) is 33.7 Å². The molecule has 1 aromatic carbocycles. The van der Waals surface area contributed by atoms with Gasteiger partial charge in [0.25, 0.3) is 0 Å². The zero-order valence-corrected chi connectivity index (χ0v) is 18.4. The molecule has 1 spiro atoms. The molecule has 0 aliphatic carbocycles. The molecule has 1 aromatic heterocycles. The maximum absolute atomic E-state index is 13.1. The summed E-state index contributed by atoms with van der Waals surface area (Å²) < 4.78 is 48.0. The van der Waals surface area contributed by atoms with Gasteiger partial charge in [0.1, 0.15) is 10.6 Å². The molecule has 2 saturated heterocycles. The molecule has 2 fully saturated rings. The van der Waals surface area contributed by atoms with Crippen molar-refractivity contribution in [2.45, 2.75) is 36.9 Å². The van der Waals surface area contributed by atoms with Crippen molar-refractivity contribution in [3.63, 3.8) is 0 Å². The number of sulfone groups is 1. The second-order valence-corrected chi connectivity index (χ2v) is 9.83. The zero-order valence-electron chi connectivity index (χ0n) is 17.6. The lowest BCUT2D eigenvalue weighted by Gasteiger charge is -2.37. The van der Waals surface area contributed by atoms with E-state index in [1.807, 2.05) is 0 Å². The summed E-state index contributed by atoms with van der Waals surface area (Å²) in [6.45, 7) is 3.90. The Morgan fingerprint density at radius 1 is 1.19 bits per heavy atom. The van der Waals surface area contributed by atoms with Gasteiger partial charge in [0, 0.05) is 44.0 Å². The molecular formula is C21H26N2O7S. The number of methoxy groups -OCH3 is 1. The number of rotatable bonds is 6. The number of benzene rings is 1. The van der Waals surface area contributed by atoms with Crippen LogP contribution in [0.5, 0.6) is 5.75 Å². The van der Waals surface area contributed by atoms with Gasteiger partial charge < -0.3 is 23.6 Å². The van der Waals surface area contributed by atoms with Gasteiger partial charge in [-0.2, -0.15) is 0 Å². The molecule has 10 heteroatoms. The van der Waals surface area contributed by atoms with Gasteiger partial charge in [-0.1, -0.05) is 5.16 Å². The lowest BCUT2D eigenvalue weighted by molar-refractivity contribution is -0.187. The summed E-state index contributed by atoms with van der Waals surface area (Å²) in [7, 11) is -2.36. The first-order valence-electron chi connectivity index (χ1n) is 10.2. The minimum absolute atomic E-state index is 0.0275. The molecule has 0 bridgehead atoms. The van der Waals surface area contributed by atoms with E-state index >= 15 is 0 Å². The minimum atomic E-state index is -3.77. The SMILES string of the molecule is COc1ccc(-c2cc(C)no2)cc1S(=O)(=O)CCC(=O)N1CCC2(CC1)OCCO2. The van der Waals surface area contributed by atoms with Crippen molar-refractivity contribution >= 4 is 15.7 Å². The average Bonchev–Trinajstić information content (AvgIpc) is 3.41. The predicted molar refractivity (Wildman–Crippen MR) is 110 cm³/mol. The number of amides is 1. The van der Waals surface area contributed by atoms with Crippen molar-refractivity contribution in [1.82, 2.24) is 10.1 Å². The molecule has 2 aromatic rings. The molecule has 4 rings (SSSR count). The van der Waals surface area contributed by atoms with Crippen molar-refractivity contribution in [1.29, 1.82) is 0 Å². The maximum Gasteiger partial charge on any atom is 0.223 e. The fraction of sp³-hybridized carbons (Fsp3) is 0.524. The molecule has 0 saturated carbocycles. The van der Waals surface area contributed by atoms with E-state index in [0.29, 0.717) is 56.2 Å². The largest absolute Gasteiger partial charge is 0.495 e. The number of carbonyl (C=O) groups excluding carboxylic acids is 1. The molecule has 31 heavy (non-hydrogen) atoms. The number of nitrogens with zero attached hydrogens (tertiary/aromatic N) is 2. The Hall–Kier alpha value is -2.43. The average molecular weight is 451 g/mol. The third-order valence-corrected chi connectivity index (χ3v) is 7.42. The van der Waals surface area contributed by atoms with E-state index in [1.54, 1.807) is 30.0 Å². The Labute approximate surface area is 181 Å². The van der Waals surface area contributed by atoms with E-state index in [9.17, 15) is 13.2 Å². The molecule has 0 N–H and O–H groups in total. The number of hydrogen-bond donors (Lipinski definition) is 0. The van der Waals surface area contributed by atoms with E-state index in [0.717, 1.165) is 0 Å². The lowest BCUT2D eigenvalue weighted by atomic mass is 10.0. The molecule has 9 nitrogen and oxygen atoms in total. The minimum Gasteiger partial charge on any atom is -0.495 e. The van der Waals surface area contributed by atoms with Gasteiger partial charge in [-0.15, -0.1) is 0 Å². The third kappa shape index (κ3) is 4.60. The van der Waals surface area contributed by atoms with E-state index < -0.39 is 15.6 Å². The Morgan fingerprint density at radius 2 is 1.90 bits per heavy atom. The van der Waals surface area contributed by atoms with Crippen LogP contribution in [-0.4, -0.2) is 69.3 Å². The number of hydrogen-bond acceptors (Lipinski definition) is 8. The number of piperidine rings is 1. The highest BCUT2D eigenvalue weighted by atomic mass is 32.2. The zero-order chi connectivity index (χ0) is 22.1. The van der Waals surface area contributed by atoms with Crippen LogP contribution >= 0.6 is 0 Å². The summed E-state index contributed by atoms with van der Waals surface area (Å²) in [5.74, 6) is -0.391. The molecule has 3 heterocycles. The highest BCUT2D eigenvalue weighted by Crippen LogP contribution is 2.33. The number of likely N-dealkylation sites (tertiary alicyclic amines) is 1. The topological polar surface area (TPSA) is 108 Å². The monoisotopic (exact) mass is 450 g/mol. The summed E-state index contributed by atoms with van der Waals surface area (Å²) in [6.07, 6.45) is 1.09. The van der Waals surface area contributed by atoms with Crippen LogP contribution in [0.1, 0.15) is 25.0 Å². The second kappa shape index (κ2) is 8.60. The summed E-state index contributed by atoms with van der Waals surface area (Å²) in [5.41, 5.74) is 1.27. The maximum atomic E-state index is 13.1. The van der Waals surface area contributed by atoms with Crippen LogP contribution in [0.4, 0.5) is 0 Å². The number of aryl methyl sites for hydroxylation is 1. The first kappa shape index (κ1) is 21.8. The fourth-order valence-electron chi connectivity index (χ4n) is 3.94. The molecule has 0 atom stereocenters. The predicted octanol–water partition coefficient (Wildman–Crippen LogP) is 2.19. The molecule has 168 valence electrons. The number of ether oxygens (including phenoxy) is 3. The third-order valence-electron chi connectivity index (χ3n) is 5.69. The van der Waals surface area contributed by atoms with Gasteiger partial charge in [0.15, 0.2) is 21.4 Å². The van der Waals surface area contributed by atoms with Gasteiger partial charge in [-0.25, -0.2) is 8.42 Å². The Bertz CT molecular complexity index is 1050. The van der Waals surface area contributed by atoms with Crippen molar-refractivity contribution in [2.24, 2.45) is 0 Å². The Morgan fingerprint density at radius 3 is 2.52 bits per heavy atom. The smallest absolute Gasteiger partial charge is 0.223 e. The van der Waals surface area contributed by atoms with Crippen LogP contribution in [0.3, 0.4) is 0 Å². The second-order valence-electron chi connectivity index (χ2n) is 7.76. The van der Waals surface area contributed by atoms with Gasteiger partial charge in [-0.05, 0) is 25.1 Å². The van der Waals surface area contributed by atoms with Gasteiger partial charge in [0.05, 0.1) is 31.8 Å².